The van der Waals surface area contributed by atoms with E-state index in [9.17, 15) is 4.79 Å². The molecule has 2 aliphatic carbocycles. The molecular weight excluding hydrogens is 248 g/mol. The van der Waals surface area contributed by atoms with Crippen molar-refractivity contribution in [1.29, 1.82) is 0 Å². The lowest BCUT2D eigenvalue weighted by molar-refractivity contribution is -0.121. The average molecular weight is 275 g/mol. The summed E-state index contributed by atoms with van der Waals surface area (Å²) in [6, 6.07) is 0.404. The zero-order valence-corrected chi connectivity index (χ0v) is 12.4. The van der Waals surface area contributed by atoms with Crippen LogP contribution in [0.1, 0.15) is 46.0 Å². The number of nitrogens with one attached hydrogen (secondary N) is 2. The summed E-state index contributed by atoms with van der Waals surface area (Å²) in [6.45, 7) is 6.09. The Kier molecular flexibility index (Phi) is 6.44. The molecule has 0 aromatic rings. The van der Waals surface area contributed by atoms with Crippen molar-refractivity contribution in [3.63, 3.8) is 0 Å². The molecule has 3 atom stereocenters. The predicted molar refractivity (Wildman–Crippen MR) is 77.0 cm³/mol. The summed E-state index contributed by atoms with van der Waals surface area (Å²) in [6.07, 6.45) is 6.33. The third-order valence-electron chi connectivity index (χ3n) is 4.19. The van der Waals surface area contributed by atoms with Gasteiger partial charge in [0.1, 0.15) is 0 Å². The zero-order chi connectivity index (χ0) is 12.3. The highest BCUT2D eigenvalue weighted by atomic mass is 35.5. The first-order valence-corrected chi connectivity index (χ1v) is 7.15. The maximum absolute atomic E-state index is 11.8. The van der Waals surface area contributed by atoms with E-state index < -0.39 is 0 Å². The summed E-state index contributed by atoms with van der Waals surface area (Å²) in [7, 11) is 0. The van der Waals surface area contributed by atoms with E-state index in [0.717, 1.165) is 24.8 Å². The van der Waals surface area contributed by atoms with Gasteiger partial charge < -0.3 is 10.6 Å². The van der Waals surface area contributed by atoms with Gasteiger partial charge in [-0.05, 0) is 56.4 Å². The molecule has 2 N–H and O–H groups in total. The maximum atomic E-state index is 11.8. The second-order valence-electron chi connectivity index (χ2n) is 6.14. The molecule has 4 heteroatoms. The van der Waals surface area contributed by atoms with Crippen LogP contribution in [0, 0.1) is 17.8 Å². The number of amides is 1. The van der Waals surface area contributed by atoms with Gasteiger partial charge in [-0.1, -0.05) is 13.8 Å². The SMILES string of the molecule is CC1CCC(NC(=O)CNCC2CC2)C(C)C1.Cl. The monoisotopic (exact) mass is 274 g/mol. The summed E-state index contributed by atoms with van der Waals surface area (Å²) < 4.78 is 0. The summed E-state index contributed by atoms with van der Waals surface area (Å²) in [5.41, 5.74) is 0. The Balaban J connectivity index is 0.00000162. The lowest BCUT2D eigenvalue weighted by atomic mass is 9.80. The van der Waals surface area contributed by atoms with Crippen molar-refractivity contribution in [3.05, 3.63) is 0 Å². The van der Waals surface area contributed by atoms with Gasteiger partial charge in [-0.2, -0.15) is 0 Å². The van der Waals surface area contributed by atoms with Crippen LogP contribution in [0.2, 0.25) is 0 Å². The van der Waals surface area contributed by atoms with E-state index in [4.69, 9.17) is 0 Å². The van der Waals surface area contributed by atoms with Crippen LogP contribution in [-0.2, 0) is 4.79 Å². The molecule has 3 nitrogen and oxygen atoms in total. The zero-order valence-electron chi connectivity index (χ0n) is 11.6. The van der Waals surface area contributed by atoms with Gasteiger partial charge in [0.05, 0.1) is 6.54 Å². The van der Waals surface area contributed by atoms with E-state index in [1.165, 1.54) is 25.7 Å². The van der Waals surface area contributed by atoms with Crippen LogP contribution in [0.25, 0.3) is 0 Å². The minimum Gasteiger partial charge on any atom is -0.352 e. The molecule has 0 bridgehead atoms. The Labute approximate surface area is 117 Å². The Morgan fingerprint density at radius 3 is 2.50 bits per heavy atom. The molecule has 0 aromatic heterocycles. The molecule has 2 aliphatic rings. The fraction of sp³-hybridized carbons (Fsp3) is 0.929. The number of rotatable bonds is 5. The second-order valence-corrected chi connectivity index (χ2v) is 6.14. The normalized spacial score (nSPS) is 31.6. The fourth-order valence-corrected chi connectivity index (χ4v) is 2.85. The summed E-state index contributed by atoms with van der Waals surface area (Å²) in [4.78, 5) is 11.8. The number of hydrogen-bond acceptors (Lipinski definition) is 2. The molecule has 18 heavy (non-hydrogen) atoms. The Morgan fingerprint density at radius 2 is 1.89 bits per heavy atom. The second kappa shape index (κ2) is 7.34. The van der Waals surface area contributed by atoms with Gasteiger partial charge in [-0.3, -0.25) is 4.79 Å². The molecule has 106 valence electrons. The van der Waals surface area contributed by atoms with Crippen LogP contribution in [-0.4, -0.2) is 25.0 Å². The molecule has 0 aromatic carbocycles. The smallest absolute Gasteiger partial charge is 0.234 e. The number of carbonyl (C=O) groups excluding carboxylic acids is 1. The average Bonchev–Trinajstić information content (AvgIpc) is 3.06. The van der Waals surface area contributed by atoms with Crippen LogP contribution < -0.4 is 10.6 Å². The fourth-order valence-electron chi connectivity index (χ4n) is 2.85. The van der Waals surface area contributed by atoms with Crippen molar-refractivity contribution in [2.45, 2.75) is 52.0 Å². The van der Waals surface area contributed by atoms with E-state index in [2.05, 4.69) is 24.5 Å². The minimum absolute atomic E-state index is 0. The quantitative estimate of drug-likeness (QED) is 0.808. The molecule has 0 spiro atoms. The molecule has 2 fully saturated rings. The first-order chi connectivity index (χ1) is 8.15. The third kappa shape index (κ3) is 5.15. The van der Waals surface area contributed by atoms with Crippen molar-refractivity contribution in [3.8, 4) is 0 Å². The highest BCUT2D eigenvalue weighted by Crippen LogP contribution is 2.28. The molecule has 3 unspecified atom stereocenters. The van der Waals surface area contributed by atoms with Gasteiger partial charge in [-0.15, -0.1) is 12.4 Å². The van der Waals surface area contributed by atoms with Gasteiger partial charge in [0.2, 0.25) is 5.91 Å². The summed E-state index contributed by atoms with van der Waals surface area (Å²) in [5.74, 6) is 2.48. The van der Waals surface area contributed by atoms with Gasteiger partial charge in [-0.25, -0.2) is 0 Å². The number of hydrogen-bond donors (Lipinski definition) is 2. The molecule has 1 amide bonds. The van der Waals surface area contributed by atoms with Crippen LogP contribution in [0.15, 0.2) is 0 Å². The summed E-state index contributed by atoms with van der Waals surface area (Å²) >= 11 is 0. The van der Waals surface area contributed by atoms with Crippen LogP contribution in [0.3, 0.4) is 0 Å². The van der Waals surface area contributed by atoms with Crippen LogP contribution in [0.5, 0.6) is 0 Å². The molecular formula is C14H27ClN2O. The van der Waals surface area contributed by atoms with Crippen molar-refractivity contribution in [2.75, 3.05) is 13.1 Å². The van der Waals surface area contributed by atoms with Gasteiger partial charge >= 0.3 is 0 Å². The first kappa shape index (κ1) is 15.8. The van der Waals surface area contributed by atoms with E-state index in [0.29, 0.717) is 18.5 Å². The van der Waals surface area contributed by atoms with E-state index in [1.807, 2.05) is 0 Å². The van der Waals surface area contributed by atoms with Crippen molar-refractivity contribution in [2.24, 2.45) is 17.8 Å². The minimum atomic E-state index is 0. The molecule has 2 rings (SSSR count). The summed E-state index contributed by atoms with van der Waals surface area (Å²) in [5, 5.41) is 6.43. The van der Waals surface area contributed by atoms with Crippen LogP contribution >= 0.6 is 12.4 Å². The van der Waals surface area contributed by atoms with E-state index in [-0.39, 0.29) is 18.3 Å². The highest BCUT2D eigenvalue weighted by molar-refractivity contribution is 5.85. The standard InChI is InChI=1S/C14H26N2O.ClH/c1-10-3-6-13(11(2)7-10)16-14(17)9-15-8-12-4-5-12;/h10-13,15H,3-9H2,1-2H3,(H,16,17);1H. The van der Waals surface area contributed by atoms with Gasteiger partial charge in [0.15, 0.2) is 0 Å². The van der Waals surface area contributed by atoms with E-state index >= 15 is 0 Å². The van der Waals surface area contributed by atoms with Crippen LogP contribution in [0.4, 0.5) is 0 Å². The first-order valence-electron chi connectivity index (χ1n) is 7.15. The number of carbonyl (C=O) groups is 1. The molecule has 0 heterocycles. The van der Waals surface area contributed by atoms with Crippen molar-refractivity contribution < 1.29 is 4.79 Å². The van der Waals surface area contributed by atoms with Crippen molar-refractivity contribution >= 4 is 18.3 Å². The maximum Gasteiger partial charge on any atom is 0.234 e. The van der Waals surface area contributed by atoms with Gasteiger partial charge in [0, 0.05) is 6.04 Å². The number of halogens is 1. The van der Waals surface area contributed by atoms with Crippen molar-refractivity contribution in [1.82, 2.24) is 10.6 Å². The topological polar surface area (TPSA) is 41.1 Å². The Hall–Kier alpha value is -0.280. The third-order valence-corrected chi connectivity index (χ3v) is 4.19. The molecule has 0 aliphatic heterocycles. The molecule has 0 radical (unpaired) electrons. The highest BCUT2D eigenvalue weighted by Gasteiger charge is 2.26. The van der Waals surface area contributed by atoms with Gasteiger partial charge in [0.25, 0.3) is 0 Å². The lowest BCUT2D eigenvalue weighted by Crippen LogP contribution is -2.45. The Morgan fingerprint density at radius 1 is 1.17 bits per heavy atom. The lowest BCUT2D eigenvalue weighted by Gasteiger charge is -2.33. The largest absolute Gasteiger partial charge is 0.352 e. The molecule has 0 saturated heterocycles. The molecule has 2 saturated carbocycles. The van der Waals surface area contributed by atoms with E-state index in [1.54, 1.807) is 0 Å². The predicted octanol–water partition coefficient (Wildman–Crippen LogP) is 2.35. The Bertz CT molecular complexity index is 269.